The summed E-state index contributed by atoms with van der Waals surface area (Å²) >= 11 is 4.86. The molecule has 48 valence electrons. The molecule has 0 spiro atoms. The molecule has 0 saturated heterocycles. The molecule has 1 amide bonds. The van der Waals surface area contributed by atoms with E-state index in [4.69, 9.17) is 0 Å². The van der Waals surface area contributed by atoms with Crippen LogP contribution >= 0.6 is 24.0 Å². The minimum absolute atomic E-state index is 0.384. The minimum atomic E-state index is -0.384. The third-order valence-corrected chi connectivity index (χ3v) is 1.45. The molecule has 9 heavy (non-hydrogen) atoms. The van der Waals surface area contributed by atoms with Crippen molar-refractivity contribution in [2.24, 2.45) is 0 Å². The molecule has 1 N–H and O–H groups in total. The Labute approximate surface area is 61.5 Å². The number of aromatic nitrogens is 1. The zero-order valence-electron chi connectivity index (χ0n) is 4.37. The van der Waals surface area contributed by atoms with Gasteiger partial charge in [-0.05, 0) is 0 Å². The number of hydrogen-bond donors (Lipinski definition) is 2. The molecule has 0 saturated carbocycles. The number of amides is 1. The van der Waals surface area contributed by atoms with Gasteiger partial charge in [-0.1, -0.05) is 12.6 Å². The first-order valence-corrected chi connectivity index (χ1v) is 3.51. The Morgan fingerprint density at radius 3 is 3.11 bits per heavy atom. The van der Waals surface area contributed by atoms with Crippen LogP contribution in [-0.4, -0.2) is 10.2 Å². The highest BCUT2D eigenvalue weighted by molar-refractivity contribution is 7.96. The maximum absolute atomic E-state index is 10.2. The average molecular weight is 160 g/mol. The topological polar surface area (TPSA) is 42.0 Å². The predicted molar refractivity (Wildman–Crippen MR) is 40.1 cm³/mol. The molecule has 0 fully saturated rings. The summed E-state index contributed by atoms with van der Waals surface area (Å²) in [7, 11) is 0. The SMILES string of the molecule is O=C(S)Nc1nccs1. The lowest BCUT2D eigenvalue weighted by atomic mass is 11.0. The Balaban J connectivity index is 2.58. The molecule has 0 aliphatic rings. The molecule has 1 aromatic rings. The van der Waals surface area contributed by atoms with Crippen molar-refractivity contribution in [3.8, 4) is 0 Å². The van der Waals surface area contributed by atoms with E-state index < -0.39 is 0 Å². The third-order valence-electron chi connectivity index (χ3n) is 0.646. The van der Waals surface area contributed by atoms with Crippen LogP contribution in [0.3, 0.4) is 0 Å². The van der Waals surface area contributed by atoms with Gasteiger partial charge < -0.3 is 0 Å². The van der Waals surface area contributed by atoms with E-state index in [2.05, 4.69) is 22.9 Å². The fraction of sp³-hybridized carbons (Fsp3) is 0. The smallest absolute Gasteiger partial charge is 0.282 e. The summed E-state index contributed by atoms with van der Waals surface area (Å²) in [5.74, 6) is 0. The van der Waals surface area contributed by atoms with E-state index in [-0.39, 0.29) is 5.24 Å². The van der Waals surface area contributed by atoms with E-state index in [0.29, 0.717) is 5.13 Å². The van der Waals surface area contributed by atoms with Crippen molar-refractivity contribution in [3.63, 3.8) is 0 Å². The van der Waals surface area contributed by atoms with Gasteiger partial charge in [0.2, 0.25) is 0 Å². The number of hydrogen-bond acceptors (Lipinski definition) is 3. The quantitative estimate of drug-likeness (QED) is 0.613. The standard InChI is InChI=1S/C4H4N2OS2/c7-4(8)6-3-5-1-2-9-3/h1-2H,(H2,5,6,7,8). The van der Waals surface area contributed by atoms with Gasteiger partial charge in [-0.25, -0.2) is 4.98 Å². The maximum Gasteiger partial charge on any atom is 0.282 e. The van der Waals surface area contributed by atoms with Gasteiger partial charge in [0.1, 0.15) is 0 Å². The lowest BCUT2D eigenvalue weighted by molar-refractivity contribution is 0.270. The lowest BCUT2D eigenvalue weighted by Crippen LogP contribution is -1.99. The molecule has 1 rings (SSSR count). The summed E-state index contributed by atoms with van der Waals surface area (Å²) < 4.78 is 0. The Bertz CT molecular complexity index is 196. The Morgan fingerprint density at radius 1 is 1.89 bits per heavy atom. The van der Waals surface area contributed by atoms with E-state index in [1.54, 1.807) is 11.6 Å². The molecular formula is C4H4N2OS2. The number of rotatable bonds is 1. The van der Waals surface area contributed by atoms with Crippen molar-refractivity contribution in [1.29, 1.82) is 0 Å². The number of anilines is 1. The van der Waals surface area contributed by atoms with Crippen LogP contribution in [0.5, 0.6) is 0 Å². The van der Waals surface area contributed by atoms with Gasteiger partial charge >= 0.3 is 0 Å². The van der Waals surface area contributed by atoms with Crippen molar-refractivity contribution in [3.05, 3.63) is 11.6 Å². The van der Waals surface area contributed by atoms with Crippen LogP contribution in [0.2, 0.25) is 0 Å². The van der Waals surface area contributed by atoms with Gasteiger partial charge in [-0.3, -0.25) is 10.1 Å². The van der Waals surface area contributed by atoms with Crippen molar-refractivity contribution < 1.29 is 4.79 Å². The first-order valence-electron chi connectivity index (χ1n) is 2.18. The highest BCUT2D eigenvalue weighted by Gasteiger charge is 1.94. The molecule has 0 unspecified atom stereocenters. The Kier molecular flexibility index (Phi) is 2.07. The second kappa shape index (κ2) is 2.84. The molecule has 1 heterocycles. The van der Waals surface area contributed by atoms with Crippen LogP contribution in [0.1, 0.15) is 0 Å². The van der Waals surface area contributed by atoms with Crippen LogP contribution in [0.25, 0.3) is 0 Å². The normalized spacial score (nSPS) is 9.00. The number of carbonyl (C=O) groups is 1. The van der Waals surface area contributed by atoms with Crippen LogP contribution < -0.4 is 5.32 Å². The zero-order valence-corrected chi connectivity index (χ0v) is 6.08. The summed E-state index contributed by atoms with van der Waals surface area (Å²) in [6, 6.07) is 0. The summed E-state index contributed by atoms with van der Waals surface area (Å²) in [6.07, 6.45) is 1.61. The van der Waals surface area contributed by atoms with Gasteiger partial charge in [0.15, 0.2) is 5.13 Å². The molecule has 5 heteroatoms. The average Bonchev–Trinajstić information content (AvgIpc) is 2.15. The van der Waals surface area contributed by atoms with Gasteiger partial charge in [-0.15, -0.1) is 11.3 Å². The van der Waals surface area contributed by atoms with Crippen molar-refractivity contribution >= 4 is 34.3 Å². The largest absolute Gasteiger partial charge is 0.293 e. The van der Waals surface area contributed by atoms with Crippen LogP contribution in [-0.2, 0) is 0 Å². The van der Waals surface area contributed by atoms with Gasteiger partial charge in [-0.2, -0.15) is 0 Å². The number of nitrogens with zero attached hydrogens (tertiary/aromatic N) is 1. The van der Waals surface area contributed by atoms with Crippen molar-refractivity contribution in [2.45, 2.75) is 0 Å². The fourth-order valence-electron chi connectivity index (χ4n) is 0.377. The molecule has 0 radical (unpaired) electrons. The van der Waals surface area contributed by atoms with E-state index in [1.165, 1.54) is 11.3 Å². The highest BCUT2D eigenvalue weighted by Crippen LogP contribution is 2.10. The Hall–Kier alpha value is -0.550. The molecule has 0 bridgehead atoms. The first-order chi connectivity index (χ1) is 4.29. The van der Waals surface area contributed by atoms with Crippen molar-refractivity contribution in [2.75, 3.05) is 5.32 Å². The molecular weight excluding hydrogens is 156 g/mol. The van der Waals surface area contributed by atoms with Gasteiger partial charge in [0, 0.05) is 11.6 Å². The highest BCUT2D eigenvalue weighted by atomic mass is 32.1. The summed E-state index contributed by atoms with van der Waals surface area (Å²) in [5, 5.41) is 4.39. The monoisotopic (exact) mass is 160 g/mol. The summed E-state index contributed by atoms with van der Waals surface area (Å²) in [6.45, 7) is 0. The van der Waals surface area contributed by atoms with Crippen LogP contribution in [0.4, 0.5) is 9.93 Å². The number of thiazole rings is 1. The van der Waals surface area contributed by atoms with Gasteiger partial charge in [0.05, 0.1) is 0 Å². The lowest BCUT2D eigenvalue weighted by Gasteiger charge is -1.89. The van der Waals surface area contributed by atoms with E-state index >= 15 is 0 Å². The molecule has 0 atom stereocenters. The maximum atomic E-state index is 10.2. The molecule has 0 aromatic carbocycles. The number of thiol groups is 1. The van der Waals surface area contributed by atoms with Crippen molar-refractivity contribution in [1.82, 2.24) is 4.98 Å². The summed E-state index contributed by atoms with van der Waals surface area (Å²) in [5.41, 5.74) is 0. The first kappa shape index (κ1) is 6.57. The Morgan fingerprint density at radius 2 is 2.67 bits per heavy atom. The second-order valence-corrected chi connectivity index (χ2v) is 2.57. The molecule has 1 aromatic heterocycles. The molecule has 3 nitrogen and oxygen atoms in total. The van der Waals surface area contributed by atoms with Crippen LogP contribution in [0.15, 0.2) is 11.6 Å². The predicted octanol–water partition coefficient (Wildman–Crippen LogP) is 1.60. The fourth-order valence-corrected chi connectivity index (χ4v) is 1.08. The van der Waals surface area contributed by atoms with E-state index in [0.717, 1.165) is 0 Å². The summed E-state index contributed by atoms with van der Waals surface area (Å²) in [4.78, 5) is 14.0. The van der Waals surface area contributed by atoms with E-state index in [1.807, 2.05) is 0 Å². The number of carbonyl (C=O) groups excluding carboxylic acids is 1. The van der Waals surface area contributed by atoms with E-state index in [9.17, 15) is 4.79 Å². The zero-order chi connectivity index (χ0) is 6.69. The molecule has 0 aliphatic carbocycles. The number of nitrogens with one attached hydrogen (secondary N) is 1. The van der Waals surface area contributed by atoms with Crippen LogP contribution in [0, 0.1) is 0 Å². The second-order valence-electron chi connectivity index (χ2n) is 1.27. The van der Waals surface area contributed by atoms with Gasteiger partial charge in [0.25, 0.3) is 5.24 Å². The third kappa shape index (κ3) is 2.03. The minimum Gasteiger partial charge on any atom is -0.293 e. The molecule has 0 aliphatic heterocycles.